The van der Waals surface area contributed by atoms with Crippen LogP contribution in [-0.2, 0) is 9.59 Å². The Morgan fingerprint density at radius 3 is 2.70 bits per heavy atom. The van der Waals surface area contributed by atoms with Gasteiger partial charge in [0.1, 0.15) is 0 Å². The highest BCUT2D eigenvalue weighted by molar-refractivity contribution is 6.05. The first kappa shape index (κ1) is 19.0. The Hall–Kier alpha value is -2.82. The third-order valence-electron chi connectivity index (χ3n) is 5.04. The van der Waals surface area contributed by atoms with Crippen molar-refractivity contribution in [2.45, 2.75) is 40.2 Å². The summed E-state index contributed by atoms with van der Waals surface area (Å²) in [6.45, 7) is 9.11. The van der Waals surface area contributed by atoms with Crippen molar-refractivity contribution >= 4 is 28.9 Å². The van der Waals surface area contributed by atoms with Crippen molar-refractivity contribution in [3.05, 3.63) is 53.6 Å². The van der Waals surface area contributed by atoms with Gasteiger partial charge in [-0.3, -0.25) is 9.59 Å². The molecule has 0 aliphatic carbocycles. The van der Waals surface area contributed by atoms with Crippen LogP contribution in [0.1, 0.15) is 31.4 Å². The van der Waals surface area contributed by atoms with Crippen LogP contribution in [0.3, 0.4) is 0 Å². The van der Waals surface area contributed by atoms with Crippen molar-refractivity contribution in [1.82, 2.24) is 0 Å². The van der Waals surface area contributed by atoms with Crippen molar-refractivity contribution in [2.75, 3.05) is 28.2 Å². The van der Waals surface area contributed by atoms with E-state index in [0.717, 1.165) is 23.5 Å². The molecule has 27 heavy (non-hydrogen) atoms. The zero-order valence-corrected chi connectivity index (χ0v) is 16.5. The number of carbonyl (C=O) groups excluding carboxylic acids is 2. The molecule has 0 saturated carbocycles. The molecule has 5 heteroatoms. The van der Waals surface area contributed by atoms with Crippen LogP contribution in [-0.4, -0.2) is 30.9 Å². The van der Waals surface area contributed by atoms with Crippen molar-refractivity contribution in [1.29, 1.82) is 0 Å². The van der Waals surface area contributed by atoms with Crippen molar-refractivity contribution in [3.8, 4) is 0 Å². The number of nitrogens with zero attached hydrogens (tertiary/aromatic N) is 2. The largest absolute Gasteiger partial charge is 0.362 e. The van der Waals surface area contributed by atoms with Gasteiger partial charge in [-0.05, 0) is 57.0 Å². The first-order valence-corrected chi connectivity index (χ1v) is 9.43. The summed E-state index contributed by atoms with van der Waals surface area (Å²) >= 11 is 0. The Balaban J connectivity index is 1.92. The molecule has 0 saturated heterocycles. The molecular formula is C22H27N3O2. The number of para-hydroxylation sites is 2. The van der Waals surface area contributed by atoms with E-state index in [-0.39, 0.29) is 30.8 Å². The maximum absolute atomic E-state index is 13.3. The fourth-order valence-corrected chi connectivity index (χ4v) is 3.63. The van der Waals surface area contributed by atoms with Gasteiger partial charge < -0.3 is 15.1 Å². The molecule has 0 aromatic heterocycles. The van der Waals surface area contributed by atoms with E-state index in [1.165, 1.54) is 5.56 Å². The lowest BCUT2D eigenvalue weighted by atomic mass is 10.1. The molecule has 2 amide bonds. The third-order valence-corrected chi connectivity index (χ3v) is 5.04. The van der Waals surface area contributed by atoms with Crippen LogP contribution in [0, 0.1) is 13.8 Å². The van der Waals surface area contributed by atoms with Gasteiger partial charge >= 0.3 is 0 Å². The molecule has 1 atom stereocenters. The van der Waals surface area contributed by atoms with E-state index in [0.29, 0.717) is 5.69 Å². The minimum absolute atomic E-state index is 0.00536. The quantitative estimate of drug-likeness (QED) is 0.894. The van der Waals surface area contributed by atoms with Crippen LogP contribution in [0.4, 0.5) is 17.1 Å². The van der Waals surface area contributed by atoms with Gasteiger partial charge in [-0.15, -0.1) is 0 Å². The van der Waals surface area contributed by atoms with Crippen molar-refractivity contribution in [2.24, 2.45) is 0 Å². The first-order valence-electron chi connectivity index (χ1n) is 9.43. The smallest absolute Gasteiger partial charge is 0.246 e. The first-order chi connectivity index (χ1) is 12.9. The second-order valence-electron chi connectivity index (χ2n) is 7.19. The lowest BCUT2D eigenvalue weighted by Crippen LogP contribution is -2.45. The van der Waals surface area contributed by atoms with E-state index in [1.807, 2.05) is 31.2 Å². The average molecular weight is 365 g/mol. The molecule has 5 nitrogen and oxygen atoms in total. The maximum atomic E-state index is 13.3. The number of carbonyl (C=O) groups is 2. The van der Waals surface area contributed by atoms with Crippen LogP contribution in [0.2, 0.25) is 0 Å². The van der Waals surface area contributed by atoms with E-state index in [2.05, 4.69) is 49.2 Å². The van der Waals surface area contributed by atoms with Crippen LogP contribution in [0.5, 0.6) is 0 Å². The van der Waals surface area contributed by atoms with Gasteiger partial charge in [0.15, 0.2) is 0 Å². The summed E-state index contributed by atoms with van der Waals surface area (Å²) in [4.78, 5) is 29.3. The predicted molar refractivity (Wildman–Crippen MR) is 110 cm³/mol. The minimum atomic E-state index is -0.196. The number of hydrogen-bond donors (Lipinski definition) is 1. The van der Waals surface area contributed by atoms with Crippen LogP contribution < -0.4 is 15.1 Å². The van der Waals surface area contributed by atoms with Crippen molar-refractivity contribution < 1.29 is 9.59 Å². The van der Waals surface area contributed by atoms with Gasteiger partial charge in [0.05, 0.1) is 17.9 Å². The monoisotopic (exact) mass is 365 g/mol. The average Bonchev–Trinajstić information content (AvgIpc) is 2.76. The Labute approximate surface area is 161 Å². The molecule has 2 aromatic carbocycles. The zero-order valence-electron chi connectivity index (χ0n) is 16.5. The topological polar surface area (TPSA) is 52.7 Å². The van der Waals surface area contributed by atoms with Crippen molar-refractivity contribution in [3.63, 3.8) is 0 Å². The molecule has 0 fully saturated rings. The Morgan fingerprint density at radius 2 is 1.96 bits per heavy atom. The second kappa shape index (κ2) is 7.82. The fourth-order valence-electron chi connectivity index (χ4n) is 3.63. The molecule has 1 heterocycles. The molecule has 0 bridgehead atoms. The van der Waals surface area contributed by atoms with Gasteiger partial charge in [0.25, 0.3) is 0 Å². The summed E-state index contributed by atoms with van der Waals surface area (Å²) in [5.74, 6) is -0.0682. The summed E-state index contributed by atoms with van der Waals surface area (Å²) in [7, 11) is 0. The fraction of sp³-hybridized carbons (Fsp3) is 0.364. The summed E-state index contributed by atoms with van der Waals surface area (Å²) in [5.41, 5.74) is 4.85. The molecule has 0 radical (unpaired) electrons. The van der Waals surface area contributed by atoms with E-state index in [9.17, 15) is 9.59 Å². The molecule has 1 aliphatic heterocycles. The Morgan fingerprint density at radius 1 is 1.22 bits per heavy atom. The number of hydrogen-bond acceptors (Lipinski definition) is 3. The normalized spacial score (nSPS) is 16.4. The molecule has 2 aromatic rings. The van der Waals surface area contributed by atoms with Gasteiger partial charge in [0.2, 0.25) is 11.8 Å². The molecule has 3 rings (SSSR count). The van der Waals surface area contributed by atoms with Crippen LogP contribution in [0.15, 0.2) is 42.5 Å². The predicted octanol–water partition coefficient (Wildman–Crippen LogP) is 3.89. The minimum Gasteiger partial charge on any atom is -0.362 e. The summed E-state index contributed by atoms with van der Waals surface area (Å²) in [6.07, 6.45) is 0.288. The number of likely N-dealkylation sites (N-methyl/N-ethyl adjacent to an activating group) is 1. The number of benzene rings is 2. The summed E-state index contributed by atoms with van der Waals surface area (Å²) < 4.78 is 0. The summed E-state index contributed by atoms with van der Waals surface area (Å²) in [5, 5.41) is 2.91. The SMILES string of the molecule is CCN(CC(=O)N1c2ccccc2NC(=O)CC1C)c1cc(C)ccc1C. The zero-order chi connectivity index (χ0) is 19.6. The molecular weight excluding hydrogens is 338 g/mol. The number of aryl methyl sites for hydroxylation is 2. The second-order valence-corrected chi connectivity index (χ2v) is 7.19. The van der Waals surface area contributed by atoms with E-state index < -0.39 is 0 Å². The van der Waals surface area contributed by atoms with Gasteiger partial charge in [-0.25, -0.2) is 0 Å². The van der Waals surface area contributed by atoms with Crippen LogP contribution >= 0.6 is 0 Å². The highest BCUT2D eigenvalue weighted by atomic mass is 16.2. The maximum Gasteiger partial charge on any atom is 0.246 e. The number of rotatable bonds is 4. The highest BCUT2D eigenvalue weighted by Gasteiger charge is 2.30. The lowest BCUT2D eigenvalue weighted by molar-refractivity contribution is -0.118. The Bertz CT molecular complexity index is 862. The summed E-state index contributed by atoms with van der Waals surface area (Å²) in [6, 6.07) is 13.6. The molecule has 1 aliphatic rings. The van der Waals surface area contributed by atoms with E-state index in [4.69, 9.17) is 0 Å². The number of fused-ring (bicyclic) bond motifs is 1. The van der Waals surface area contributed by atoms with Gasteiger partial charge in [-0.2, -0.15) is 0 Å². The van der Waals surface area contributed by atoms with E-state index in [1.54, 1.807) is 4.90 Å². The molecule has 142 valence electrons. The number of anilines is 3. The number of amides is 2. The van der Waals surface area contributed by atoms with Gasteiger partial charge in [-0.1, -0.05) is 24.3 Å². The number of nitrogens with one attached hydrogen (secondary N) is 1. The standard InChI is InChI=1S/C22H27N3O2/c1-5-24(20-12-15(2)10-11-16(20)3)14-22(27)25-17(4)13-21(26)23-18-8-6-7-9-19(18)25/h6-12,17H,5,13-14H2,1-4H3,(H,23,26). The molecule has 1 unspecified atom stereocenters. The van der Waals surface area contributed by atoms with Gasteiger partial charge in [0, 0.05) is 24.7 Å². The third kappa shape index (κ3) is 3.97. The van der Waals surface area contributed by atoms with E-state index >= 15 is 0 Å². The van der Waals surface area contributed by atoms with Crippen LogP contribution in [0.25, 0.3) is 0 Å². The molecule has 0 spiro atoms. The highest BCUT2D eigenvalue weighted by Crippen LogP contribution is 2.32. The Kier molecular flexibility index (Phi) is 5.49. The lowest BCUT2D eigenvalue weighted by Gasteiger charge is -2.32. The molecule has 1 N–H and O–H groups in total.